The maximum Gasteiger partial charge on any atom is 0.242 e. The first kappa shape index (κ1) is 108. The van der Waals surface area contributed by atoms with E-state index in [1.807, 2.05) is 0 Å². The monoisotopic (exact) mass is 1840 g/mol. The second kappa shape index (κ2) is 50.2. The molecule has 0 unspecified atom stereocenters. The molecule has 0 aliphatic heterocycles. The number of rotatable bonds is 28. The van der Waals surface area contributed by atoms with Crippen LogP contribution in [-0.4, -0.2) is 141 Å². The van der Waals surface area contributed by atoms with Crippen LogP contribution in [0.4, 0.5) is 0 Å². The molecule has 0 saturated heterocycles. The van der Waals surface area contributed by atoms with Crippen molar-refractivity contribution in [1.82, 2.24) is 37.8 Å². The summed E-state index contributed by atoms with van der Waals surface area (Å²) in [6.07, 6.45) is 0. The Bertz CT molecular complexity index is 5410. The summed E-state index contributed by atoms with van der Waals surface area (Å²) in [5, 5.41) is 1.17. The first-order valence-electron chi connectivity index (χ1n) is 35.8. The van der Waals surface area contributed by atoms with Gasteiger partial charge in [-0.1, -0.05) is 102 Å². The highest BCUT2D eigenvalue weighted by atomic mass is 35.5. The molecular weight excluding hydrogens is 1730 g/mol. The van der Waals surface area contributed by atoms with Gasteiger partial charge < -0.3 is 9.47 Å². The number of nitrogens with one attached hydrogen (secondary N) is 8. The maximum absolute atomic E-state index is 11.8. The molecule has 8 aromatic carbocycles. The summed E-state index contributed by atoms with van der Waals surface area (Å²) in [7, 11) is -24.3. The summed E-state index contributed by atoms with van der Waals surface area (Å²) in [5.41, 5.74) is 0.898. The lowest BCUT2D eigenvalue weighted by Crippen LogP contribution is -2.30. The zero-order valence-electron chi connectivity index (χ0n) is 68.7. The van der Waals surface area contributed by atoms with Crippen molar-refractivity contribution in [2.75, 3.05) is 14.2 Å². The Kier molecular flexibility index (Phi) is 46.3. The maximum atomic E-state index is 11.8. The van der Waals surface area contributed by atoms with Gasteiger partial charge in [-0.15, -0.1) is 0 Å². The third-order valence-electron chi connectivity index (χ3n) is 13.4. The zero-order valence-corrected chi connectivity index (χ0v) is 77.5. The SMILES string of the molecule is CC(=O)c1ccc(S(=O)(=O)NC(C)C)cc1.CC(=O)c1cccc(S(=O)(=O)NC(C)C)c1.CC(C)NS(=O)(=O)c1ccc(Cl)cc1.CC(C)NS(=O)(=O)c1cccc(Cl)c1.CC(C)NS(=O)(=O)c1ccccc1.CC(C)NS(=O)(=O)c1ccccc1Cl.COc1ccc(S(=O)(=O)NC(C)C)cc1.COc1cccc(S(=O)(=O)NC(C)C)c1. The van der Waals surface area contributed by atoms with Crippen LogP contribution >= 0.6 is 34.8 Å². The molecular formula is C78H109Cl3N8O20S8. The summed E-state index contributed by atoms with van der Waals surface area (Å²) in [5.74, 6) is 0.933. The fourth-order valence-corrected chi connectivity index (χ4v) is 19.9. The van der Waals surface area contributed by atoms with Gasteiger partial charge in [-0.2, -0.15) is 0 Å². The minimum absolute atomic E-state index is 0.0785. The average molecular weight is 1840 g/mol. The molecule has 0 aliphatic rings. The molecule has 0 amide bonds. The van der Waals surface area contributed by atoms with E-state index in [0.717, 1.165) is 0 Å². The first-order chi connectivity index (χ1) is 53.8. The fourth-order valence-electron chi connectivity index (χ4n) is 8.81. The summed E-state index contributed by atoms with van der Waals surface area (Å²) >= 11 is 17.1. The predicted octanol–water partition coefficient (Wildman–Crippen LogP) is 13.4. The number of methoxy groups -OCH3 is 2. The molecule has 8 N–H and O–H groups in total. The molecule has 650 valence electrons. The van der Waals surface area contributed by atoms with Crippen LogP contribution in [-0.2, 0) is 80.2 Å². The van der Waals surface area contributed by atoms with E-state index in [4.69, 9.17) is 44.3 Å². The number of ether oxygens (including phenoxy) is 2. The average Bonchev–Trinajstić information content (AvgIpc) is 0.848. The molecule has 8 aromatic rings. The van der Waals surface area contributed by atoms with Crippen molar-refractivity contribution >= 4 is 127 Å². The van der Waals surface area contributed by atoms with Crippen molar-refractivity contribution < 1.29 is 86.4 Å². The van der Waals surface area contributed by atoms with Gasteiger partial charge in [0.1, 0.15) is 16.4 Å². The lowest BCUT2D eigenvalue weighted by molar-refractivity contribution is 0.100. The Morgan fingerprint density at radius 1 is 0.256 bits per heavy atom. The van der Waals surface area contributed by atoms with Crippen molar-refractivity contribution in [3.05, 3.63) is 226 Å². The largest absolute Gasteiger partial charge is 0.497 e. The van der Waals surface area contributed by atoms with Crippen molar-refractivity contribution in [2.24, 2.45) is 0 Å². The second-order valence-electron chi connectivity index (χ2n) is 27.4. The number of ketones is 2. The van der Waals surface area contributed by atoms with E-state index < -0.39 is 80.2 Å². The molecule has 8 rings (SSSR count). The van der Waals surface area contributed by atoms with Crippen LogP contribution < -0.4 is 47.3 Å². The number of hydrogen-bond acceptors (Lipinski definition) is 20. The molecule has 0 atom stereocenters. The van der Waals surface area contributed by atoms with E-state index in [1.54, 1.807) is 220 Å². The van der Waals surface area contributed by atoms with Gasteiger partial charge in [0.25, 0.3) is 0 Å². The molecule has 0 radical (unpaired) electrons. The van der Waals surface area contributed by atoms with E-state index in [0.29, 0.717) is 37.6 Å². The van der Waals surface area contributed by atoms with Gasteiger partial charge >= 0.3 is 0 Å². The molecule has 0 aliphatic carbocycles. The van der Waals surface area contributed by atoms with Crippen LogP contribution in [0, 0.1) is 0 Å². The summed E-state index contributed by atoms with van der Waals surface area (Å²) in [6.45, 7) is 31.1. The quantitative estimate of drug-likeness (QED) is 0.0211. The zero-order chi connectivity index (χ0) is 89.8. The van der Waals surface area contributed by atoms with E-state index in [1.165, 1.54) is 119 Å². The molecule has 0 aromatic heterocycles. The van der Waals surface area contributed by atoms with Crippen LogP contribution in [0.3, 0.4) is 0 Å². The Morgan fingerprint density at radius 2 is 0.530 bits per heavy atom. The normalized spacial score (nSPS) is 11.9. The van der Waals surface area contributed by atoms with Gasteiger partial charge in [0.15, 0.2) is 11.6 Å². The smallest absolute Gasteiger partial charge is 0.242 e. The topological polar surface area (TPSA) is 422 Å². The van der Waals surface area contributed by atoms with Gasteiger partial charge in [-0.25, -0.2) is 105 Å². The minimum Gasteiger partial charge on any atom is -0.497 e. The molecule has 28 nitrogen and oxygen atoms in total. The summed E-state index contributed by atoms with van der Waals surface area (Å²) in [6, 6.07) is 50.5. The van der Waals surface area contributed by atoms with Crippen molar-refractivity contribution in [1.29, 1.82) is 0 Å². The number of Topliss-reactive ketones (excluding diaryl/α,β-unsaturated/α-hetero) is 2. The Balaban J connectivity index is 0.000000669. The molecule has 39 heteroatoms. The van der Waals surface area contributed by atoms with E-state index in [9.17, 15) is 76.9 Å². The first-order valence-corrected chi connectivity index (χ1v) is 48.8. The minimum atomic E-state index is -3.52. The lowest BCUT2D eigenvalue weighted by atomic mass is 10.2. The van der Waals surface area contributed by atoms with E-state index >= 15 is 0 Å². The number of carbonyl (C=O) groups excluding carboxylic acids is 2. The second-order valence-corrected chi connectivity index (χ2v) is 42.3. The number of benzene rings is 8. The van der Waals surface area contributed by atoms with Crippen LogP contribution in [0.25, 0.3) is 0 Å². The van der Waals surface area contributed by atoms with Crippen LogP contribution in [0.15, 0.2) is 239 Å². The van der Waals surface area contributed by atoms with Crippen molar-refractivity contribution in [3.63, 3.8) is 0 Å². The van der Waals surface area contributed by atoms with E-state index in [2.05, 4.69) is 37.8 Å². The predicted molar refractivity (Wildman–Crippen MR) is 463 cm³/mol. The summed E-state index contributed by atoms with van der Waals surface area (Å²) < 4.78 is 217. The third kappa shape index (κ3) is 42.1. The molecule has 0 bridgehead atoms. The highest BCUT2D eigenvalue weighted by Crippen LogP contribution is 2.23. The Hall–Kier alpha value is -7.15. The molecule has 117 heavy (non-hydrogen) atoms. The summed E-state index contributed by atoms with van der Waals surface area (Å²) in [4.78, 5) is 23.8. The van der Waals surface area contributed by atoms with Crippen molar-refractivity contribution in [3.8, 4) is 11.5 Å². The van der Waals surface area contributed by atoms with Gasteiger partial charge in [-0.05, 0) is 252 Å². The highest BCUT2D eigenvalue weighted by molar-refractivity contribution is 7.91. The van der Waals surface area contributed by atoms with Gasteiger partial charge in [-0.3, -0.25) is 9.59 Å². The lowest BCUT2D eigenvalue weighted by Gasteiger charge is -2.10. The van der Waals surface area contributed by atoms with Crippen LogP contribution in [0.1, 0.15) is 145 Å². The third-order valence-corrected chi connectivity index (χ3v) is 27.7. The number of hydrogen-bond donors (Lipinski definition) is 8. The number of halogens is 3. The van der Waals surface area contributed by atoms with E-state index in [-0.39, 0.29) is 99.2 Å². The van der Waals surface area contributed by atoms with Gasteiger partial charge in [0.2, 0.25) is 80.2 Å². The molecule has 0 fully saturated rings. The Morgan fingerprint density at radius 3 is 0.863 bits per heavy atom. The van der Waals surface area contributed by atoms with Gasteiger partial charge in [0, 0.05) is 75.6 Å². The standard InChI is InChI=1S/2C11H15NO3S.2C10H15NO3S.3C9H12ClNO2S.C9H13NO2S/c1-8(2)12-16(14,15)11-6-4-10(5-7-11)9(3)13;1-8(2)12-16(14,15)11-6-4-5-10(7-11)9(3)13;1-8(2)11-15(12,13)10-6-4-9(14-3)5-7-10;1-8(2)11-15(12,13)10-6-4-5-9(7-10)14-3;1-7(2)11-14(12,13)9-5-3-8(10)4-6-9;1-7(2)11-14(12,13)9-5-3-4-8(10)6-9;1-7(2)11-14(12,13)9-6-4-3-5-8(9)10;1-8(2)10-13(11,12)9-6-4-3-5-7-9/h2*4-8,12H,1-3H3;2*4-8,11H,1-3H3;3*3-7,11H,1-2H3;3-8,10H,1-2H3. The fraction of sp³-hybridized carbons (Fsp3) is 0.359. The van der Waals surface area contributed by atoms with Crippen molar-refractivity contribution in [2.45, 2.75) is 212 Å². The molecule has 0 saturated carbocycles. The van der Waals surface area contributed by atoms with Crippen LogP contribution in [0.2, 0.25) is 15.1 Å². The number of sulfonamides is 8. The molecule has 0 heterocycles. The molecule has 0 spiro atoms. The number of carbonyl (C=O) groups is 2. The highest BCUT2D eigenvalue weighted by Gasteiger charge is 2.23. The Labute approximate surface area is 709 Å². The van der Waals surface area contributed by atoms with Crippen LogP contribution in [0.5, 0.6) is 11.5 Å². The van der Waals surface area contributed by atoms with Gasteiger partial charge in [0.05, 0.1) is 53.5 Å².